The molecule has 178 valence electrons. The average Bonchev–Trinajstić information content (AvgIpc) is 3.58. The molecule has 34 heavy (non-hydrogen) atoms. The topological polar surface area (TPSA) is 81.0 Å². The molecule has 3 aromatic rings. The van der Waals surface area contributed by atoms with E-state index in [1.165, 1.54) is 6.26 Å². The van der Waals surface area contributed by atoms with E-state index in [2.05, 4.69) is 5.32 Å². The van der Waals surface area contributed by atoms with E-state index in [-0.39, 0.29) is 30.2 Å². The van der Waals surface area contributed by atoms with Crippen LogP contribution in [0.15, 0.2) is 71.3 Å². The fourth-order valence-corrected chi connectivity index (χ4v) is 4.40. The third-order valence-corrected chi connectivity index (χ3v) is 6.17. The van der Waals surface area contributed by atoms with Crippen LogP contribution in [0, 0.1) is 0 Å². The number of hydrogen-bond donors (Lipinski definition) is 1. The number of benzene rings is 2. The Hall–Kier alpha value is -3.74. The van der Waals surface area contributed by atoms with E-state index in [0.717, 1.165) is 31.2 Å². The van der Waals surface area contributed by atoms with Gasteiger partial charge in [0.15, 0.2) is 5.76 Å². The Morgan fingerprint density at radius 3 is 2.38 bits per heavy atom. The lowest BCUT2D eigenvalue weighted by molar-refractivity contribution is -0.126. The SMILES string of the molecule is COc1ccc(C(C(=O)NC2CCCC2)N(Cc2cccc(OC)c2)C(=O)c2ccco2)cc1. The fourth-order valence-electron chi connectivity index (χ4n) is 4.40. The molecule has 1 unspecified atom stereocenters. The zero-order valence-electron chi connectivity index (χ0n) is 19.5. The van der Waals surface area contributed by atoms with Gasteiger partial charge < -0.3 is 24.1 Å². The first-order valence-corrected chi connectivity index (χ1v) is 11.5. The second kappa shape index (κ2) is 10.9. The second-order valence-corrected chi connectivity index (χ2v) is 8.43. The molecule has 0 aliphatic heterocycles. The predicted molar refractivity (Wildman–Crippen MR) is 128 cm³/mol. The van der Waals surface area contributed by atoms with E-state index in [0.29, 0.717) is 17.1 Å². The van der Waals surface area contributed by atoms with Gasteiger partial charge in [0.25, 0.3) is 5.91 Å². The van der Waals surface area contributed by atoms with Crippen molar-refractivity contribution >= 4 is 11.8 Å². The Morgan fingerprint density at radius 2 is 1.74 bits per heavy atom. The maximum atomic E-state index is 13.7. The first kappa shape index (κ1) is 23.4. The summed E-state index contributed by atoms with van der Waals surface area (Å²) in [6.45, 7) is 0.200. The standard InChI is InChI=1S/C27H30N2O5/c1-32-22-14-12-20(13-15-22)25(26(30)28-21-8-3-4-9-21)29(27(31)24-11-6-16-34-24)18-19-7-5-10-23(17-19)33-2/h5-7,10-17,21,25H,3-4,8-9,18H2,1-2H3,(H,28,30). The van der Waals surface area contributed by atoms with Crippen molar-refractivity contribution in [2.24, 2.45) is 0 Å². The summed E-state index contributed by atoms with van der Waals surface area (Å²) >= 11 is 0. The molecule has 1 aliphatic carbocycles. The van der Waals surface area contributed by atoms with Crippen molar-refractivity contribution in [3.8, 4) is 11.5 Å². The van der Waals surface area contributed by atoms with Gasteiger partial charge in [0.05, 0.1) is 20.5 Å². The Balaban J connectivity index is 1.74. The van der Waals surface area contributed by atoms with Crippen LogP contribution in [0.4, 0.5) is 0 Å². The predicted octanol–water partition coefficient (Wildman–Crippen LogP) is 4.74. The lowest BCUT2D eigenvalue weighted by Gasteiger charge is -2.32. The van der Waals surface area contributed by atoms with Crippen molar-refractivity contribution in [1.29, 1.82) is 0 Å². The molecule has 7 nitrogen and oxygen atoms in total. The van der Waals surface area contributed by atoms with Crippen LogP contribution in [0.1, 0.15) is 53.4 Å². The number of nitrogens with zero attached hydrogens (tertiary/aromatic N) is 1. The number of carbonyl (C=O) groups excluding carboxylic acids is 2. The molecule has 1 saturated carbocycles. The molecule has 1 N–H and O–H groups in total. The van der Waals surface area contributed by atoms with Gasteiger partial charge in [-0.25, -0.2) is 0 Å². The normalized spacial score (nSPS) is 14.4. The lowest BCUT2D eigenvalue weighted by Crippen LogP contribution is -2.45. The van der Waals surface area contributed by atoms with E-state index in [4.69, 9.17) is 13.9 Å². The summed E-state index contributed by atoms with van der Waals surface area (Å²) < 4.78 is 16.1. The molecule has 4 rings (SSSR count). The fraction of sp³-hybridized carbons (Fsp3) is 0.333. The lowest BCUT2D eigenvalue weighted by atomic mass is 10.0. The van der Waals surface area contributed by atoms with Crippen LogP contribution in [0.3, 0.4) is 0 Å². The Morgan fingerprint density at radius 1 is 1.00 bits per heavy atom. The van der Waals surface area contributed by atoms with E-state index in [9.17, 15) is 9.59 Å². The van der Waals surface area contributed by atoms with Crippen molar-refractivity contribution in [3.63, 3.8) is 0 Å². The summed E-state index contributed by atoms with van der Waals surface area (Å²) in [5.74, 6) is 0.958. The van der Waals surface area contributed by atoms with Crippen molar-refractivity contribution < 1.29 is 23.5 Å². The van der Waals surface area contributed by atoms with Gasteiger partial charge in [0.1, 0.15) is 17.5 Å². The minimum Gasteiger partial charge on any atom is -0.497 e. The maximum Gasteiger partial charge on any atom is 0.290 e. The van der Waals surface area contributed by atoms with Crippen molar-refractivity contribution in [2.45, 2.75) is 44.3 Å². The highest BCUT2D eigenvalue weighted by molar-refractivity contribution is 5.96. The maximum absolute atomic E-state index is 13.7. The Bertz CT molecular complexity index is 1090. The van der Waals surface area contributed by atoms with E-state index >= 15 is 0 Å². The van der Waals surface area contributed by atoms with Crippen LogP contribution in [-0.2, 0) is 11.3 Å². The largest absolute Gasteiger partial charge is 0.497 e. The zero-order chi connectivity index (χ0) is 23.9. The molecular formula is C27H30N2O5. The number of carbonyl (C=O) groups is 2. The van der Waals surface area contributed by atoms with Gasteiger partial charge in [-0.15, -0.1) is 0 Å². The summed E-state index contributed by atoms with van der Waals surface area (Å²) in [7, 11) is 3.19. The number of nitrogens with one attached hydrogen (secondary N) is 1. The molecular weight excluding hydrogens is 432 g/mol. The smallest absolute Gasteiger partial charge is 0.290 e. The third-order valence-electron chi connectivity index (χ3n) is 6.17. The molecule has 0 radical (unpaired) electrons. The summed E-state index contributed by atoms with van der Waals surface area (Å²) in [6, 6.07) is 17.3. The third kappa shape index (κ3) is 5.42. The van der Waals surface area contributed by atoms with Crippen LogP contribution in [-0.4, -0.2) is 37.0 Å². The molecule has 0 spiro atoms. The molecule has 0 saturated heterocycles. The molecule has 1 aliphatic rings. The summed E-state index contributed by atoms with van der Waals surface area (Å²) in [5, 5.41) is 3.18. The van der Waals surface area contributed by atoms with Crippen molar-refractivity contribution in [2.75, 3.05) is 14.2 Å². The van der Waals surface area contributed by atoms with Crippen molar-refractivity contribution in [1.82, 2.24) is 10.2 Å². The first-order chi connectivity index (χ1) is 16.6. The number of rotatable bonds is 9. The van der Waals surface area contributed by atoms with E-state index in [1.54, 1.807) is 43.4 Å². The molecule has 7 heteroatoms. The Kier molecular flexibility index (Phi) is 7.52. The van der Waals surface area contributed by atoms with Gasteiger partial charge in [-0.3, -0.25) is 9.59 Å². The zero-order valence-corrected chi connectivity index (χ0v) is 19.5. The van der Waals surface area contributed by atoms with Gasteiger partial charge in [-0.1, -0.05) is 37.1 Å². The van der Waals surface area contributed by atoms with E-state index < -0.39 is 6.04 Å². The van der Waals surface area contributed by atoms with Crippen LogP contribution >= 0.6 is 0 Å². The van der Waals surface area contributed by atoms with Gasteiger partial charge in [-0.2, -0.15) is 0 Å². The van der Waals surface area contributed by atoms with Gasteiger partial charge >= 0.3 is 0 Å². The molecule has 1 aromatic heterocycles. The molecule has 2 amide bonds. The van der Waals surface area contributed by atoms with Crippen molar-refractivity contribution in [3.05, 3.63) is 83.8 Å². The molecule has 0 bridgehead atoms. The summed E-state index contributed by atoms with van der Waals surface area (Å²) in [5.41, 5.74) is 1.53. The highest BCUT2D eigenvalue weighted by Crippen LogP contribution is 2.29. The number of hydrogen-bond acceptors (Lipinski definition) is 5. The summed E-state index contributed by atoms with van der Waals surface area (Å²) in [4.78, 5) is 28.9. The van der Waals surface area contributed by atoms with Gasteiger partial charge in [0.2, 0.25) is 5.91 Å². The average molecular weight is 463 g/mol. The minimum atomic E-state index is -0.852. The number of furan rings is 1. The number of amides is 2. The van der Waals surface area contributed by atoms with Crippen LogP contribution in [0.2, 0.25) is 0 Å². The highest BCUT2D eigenvalue weighted by Gasteiger charge is 2.34. The quantitative estimate of drug-likeness (QED) is 0.497. The minimum absolute atomic E-state index is 0.116. The van der Waals surface area contributed by atoms with Gasteiger partial charge in [-0.05, 0) is 60.4 Å². The van der Waals surface area contributed by atoms with Crippen LogP contribution in [0.25, 0.3) is 0 Å². The molecule has 2 aromatic carbocycles. The van der Waals surface area contributed by atoms with Gasteiger partial charge in [0, 0.05) is 12.6 Å². The van der Waals surface area contributed by atoms with Crippen LogP contribution < -0.4 is 14.8 Å². The molecule has 1 heterocycles. The Labute approximate surface area is 199 Å². The van der Waals surface area contributed by atoms with E-state index in [1.807, 2.05) is 36.4 Å². The highest BCUT2D eigenvalue weighted by atomic mass is 16.5. The number of ether oxygens (including phenoxy) is 2. The molecule has 1 fully saturated rings. The summed E-state index contributed by atoms with van der Waals surface area (Å²) in [6.07, 6.45) is 5.54. The first-order valence-electron chi connectivity index (χ1n) is 11.5. The van der Waals surface area contributed by atoms with Crippen LogP contribution in [0.5, 0.6) is 11.5 Å². The second-order valence-electron chi connectivity index (χ2n) is 8.43. The monoisotopic (exact) mass is 462 g/mol. The number of methoxy groups -OCH3 is 2. The molecule has 1 atom stereocenters.